The fraction of sp³-hybridized carbons (Fsp3) is 0.208. The zero-order chi connectivity index (χ0) is 23.5. The monoisotopic (exact) mass is 467 g/mol. The summed E-state index contributed by atoms with van der Waals surface area (Å²) in [6, 6.07) is 13.3. The lowest BCUT2D eigenvalue weighted by atomic mass is 10.2. The topological polar surface area (TPSA) is 82.4 Å². The highest BCUT2D eigenvalue weighted by Gasteiger charge is 2.17. The first-order valence-corrected chi connectivity index (χ1v) is 11.0. The largest absolute Gasteiger partial charge is 0.482 e. The van der Waals surface area contributed by atoms with Crippen LogP contribution in [0.5, 0.6) is 5.75 Å². The molecule has 0 aliphatic carbocycles. The van der Waals surface area contributed by atoms with Crippen molar-refractivity contribution in [2.24, 2.45) is 0 Å². The Morgan fingerprint density at radius 3 is 2.58 bits per heavy atom. The quantitative estimate of drug-likeness (QED) is 0.398. The number of aryl methyl sites for hydroxylation is 2. The number of ether oxygens (including phenoxy) is 2. The van der Waals surface area contributed by atoms with Crippen LogP contribution in [0.3, 0.4) is 0 Å². The van der Waals surface area contributed by atoms with Crippen molar-refractivity contribution in [3.8, 4) is 5.75 Å². The molecule has 1 amide bonds. The summed E-state index contributed by atoms with van der Waals surface area (Å²) in [4.78, 5) is 25.6. The molecule has 0 aliphatic heterocycles. The average molecular weight is 468 g/mol. The minimum absolute atomic E-state index is 0.183. The smallest absolute Gasteiger partial charge is 0.343 e. The van der Waals surface area contributed by atoms with Crippen LogP contribution < -0.4 is 10.1 Å². The molecule has 0 fully saturated rings. The van der Waals surface area contributed by atoms with E-state index in [2.05, 4.69) is 15.2 Å². The normalized spacial score (nSPS) is 10.9. The highest BCUT2D eigenvalue weighted by atomic mass is 32.1. The molecule has 4 rings (SSSR count). The number of halogens is 1. The molecule has 2 aromatic heterocycles. The van der Waals surface area contributed by atoms with E-state index in [-0.39, 0.29) is 18.3 Å². The molecule has 0 atom stereocenters. The summed E-state index contributed by atoms with van der Waals surface area (Å²) < 4.78 is 25.0. The van der Waals surface area contributed by atoms with Crippen molar-refractivity contribution in [3.63, 3.8) is 0 Å². The van der Waals surface area contributed by atoms with Crippen LogP contribution in [0.15, 0.2) is 48.5 Å². The molecule has 0 unspecified atom stereocenters. The first kappa shape index (κ1) is 22.5. The number of carbonyl (C=O) groups excluding carboxylic acids is 2. The predicted octanol–water partition coefficient (Wildman–Crippen LogP) is 4.71. The number of esters is 1. The molecule has 0 aliphatic rings. The molecule has 1 N–H and O–H groups in total. The van der Waals surface area contributed by atoms with Gasteiger partial charge in [-0.15, -0.1) is 11.3 Å². The molecule has 0 saturated heterocycles. The van der Waals surface area contributed by atoms with Gasteiger partial charge < -0.3 is 14.8 Å². The van der Waals surface area contributed by atoms with Crippen LogP contribution >= 0.6 is 11.3 Å². The number of methoxy groups -OCH3 is 1. The molecule has 0 radical (unpaired) electrons. The van der Waals surface area contributed by atoms with E-state index in [1.54, 1.807) is 30.3 Å². The lowest BCUT2D eigenvalue weighted by molar-refractivity contribution is -0.142. The molecular weight excluding hydrogens is 445 g/mol. The van der Waals surface area contributed by atoms with Gasteiger partial charge in [0.25, 0.3) is 5.91 Å². The van der Waals surface area contributed by atoms with Crippen molar-refractivity contribution in [3.05, 3.63) is 76.0 Å². The molecular formula is C24H22FN3O4S. The maximum absolute atomic E-state index is 13.2. The summed E-state index contributed by atoms with van der Waals surface area (Å²) in [5.74, 6) is -0.471. The highest BCUT2D eigenvalue weighted by Crippen LogP contribution is 2.30. The summed E-state index contributed by atoms with van der Waals surface area (Å²) >= 11 is 1.36. The minimum atomic E-state index is -0.469. The van der Waals surface area contributed by atoms with Gasteiger partial charge in [0.2, 0.25) is 0 Å². The summed E-state index contributed by atoms with van der Waals surface area (Å²) in [5, 5.41) is 8.41. The number of aromatic nitrogens is 2. The van der Waals surface area contributed by atoms with Crippen LogP contribution in [-0.2, 0) is 16.1 Å². The van der Waals surface area contributed by atoms with Crippen LogP contribution in [0.2, 0.25) is 0 Å². The number of thiophene rings is 1. The van der Waals surface area contributed by atoms with Crippen molar-refractivity contribution in [2.75, 3.05) is 19.0 Å². The van der Waals surface area contributed by atoms with Crippen molar-refractivity contribution in [2.45, 2.75) is 20.4 Å². The van der Waals surface area contributed by atoms with Gasteiger partial charge in [0.15, 0.2) is 6.61 Å². The second-order valence-corrected chi connectivity index (χ2v) is 8.53. The maximum atomic E-state index is 13.2. The number of rotatable bonds is 7. The SMILES string of the molecule is COC(=O)COc1ccc(NC(=O)c2cc3c(C)nn(Cc4ccc(F)cc4)c3s2)c(C)c1. The lowest BCUT2D eigenvalue weighted by Gasteiger charge is -2.10. The fourth-order valence-corrected chi connectivity index (χ4v) is 4.40. The Hall–Kier alpha value is -3.72. The first-order chi connectivity index (χ1) is 15.8. The van der Waals surface area contributed by atoms with E-state index in [0.29, 0.717) is 22.9 Å². The number of hydrogen-bond donors (Lipinski definition) is 1. The summed E-state index contributed by atoms with van der Waals surface area (Å²) in [6.07, 6.45) is 0. The Balaban J connectivity index is 1.50. The van der Waals surface area contributed by atoms with Gasteiger partial charge in [0.05, 0.1) is 24.2 Å². The van der Waals surface area contributed by atoms with Gasteiger partial charge in [-0.2, -0.15) is 5.10 Å². The van der Waals surface area contributed by atoms with E-state index < -0.39 is 5.97 Å². The summed E-state index contributed by atoms with van der Waals surface area (Å²) in [6.45, 7) is 4.04. The van der Waals surface area contributed by atoms with Gasteiger partial charge in [0.1, 0.15) is 16.4 Å². The Bertz CT molecular complexity index is 1330. The van der Waals surface area contributed by atoms with Crippen LogP contribution in [0.25, 0.3) is 10.2 Å². The van der Waals surface area contributed by atoms with Crippen LogP contribution in [0, 0.1) is 19.7 Å². The number of amides is 1. The molecule has 0 bridgehead atoms. The fourth-order valence-electron chi connectivity index (χ4n) is 3.35. The standard InChI is InChI=1S/C24H22FN3O4S/c1-14-10-18(32-13-22(29)31-3)8-9-20(14)26-23(30)21-11-19-15(2)27-28(24(19)33-21)12-16-4-6-17(25)7-5-16/h4-11H,12-13H2,1-3H3,(H,26,30). The third-order valence-electron chi connectivity index (χ3n) is 5.11. The van der Waals surface area contributed by atoms with E-state index in [0.717, 1.165) is 27.0 Å². The molecule has 2 aromatic carbocycles. The maximum Gasteiger partial charge on any atom is 0.343 e. The van der Waals surface area contributed by atoms with Crippen molar-refractivity contribution in [1.29, 1.82) is 0 Å². The van der Waals surface area contributed by atoms with E-state index in [4.69, 9.17) is 4.74 Å². The molecule has 7 nitrogen and oxygen atoms in total. The third kappa shape index (κ3) is 5.04. The summed E-state index contributed by atoms with van der Waals surface area (Å²) in [5.41, 5.74) is 3.19. The first-order valence-electron chi connectivity index (χ1n) is 10.2. The number of hydrogen-bond acceptors (Lipinski definition) is 6. The van der Waals surface area contributed by atoms with Gasteiger partial charge in [0, 0.05) is 11.1 Å². The lowest BCUT2D eigenvalue weighted by Crippen LogP contribution is -2.13. The summed E-state index contributed by atoms with van der Waals surface area (Å²) in [7, 11) is 1.30. The molecule has 4 aromatic rings. The zero-order valence-corrected chi connectivity index (χ0v) is 19.2. The van der Waals surface area contributed by atoms with Crippen LogP contribution in [-0.4, -0.2) is 35.4 Å². The molecule has 33 heavy (non-hydrogen) atoms. The van der Waals surface area contributed by atoms with Gasteiger partial charge in [-0.1, -0.05) is 12.1 Å². The second-order valence-electron chi connectivity index (χ2n) is 7.49. The van der Waals surface area contributed by atoms with Crippen molar-refractivity contribution < 1.29 is 23.5 Å². The zero-order valence-electron chi connectivity index (χ0n) is 18.3. The predicted molar refractivity (Wildman–Crippen MR) is 124 cm³/mol. The van der Waals surface area contributed by atoms with Crippen molar-refractivity contribution in [1.82, 2.24) is 9.78 Å². The molecule has 9 heteroatoms. The number of nitrogens with one attached hydrogen (secondary N) is 1. The van der Waals surface area contributed by atoms with Crippen molar-refractivity contribution >= 4 is 39.1 Å². The Labute approximate surface area is 193 Å². The molecule has 170 valence electrons. The van der Waals surface area contributed by atoms with Crippen LogP contribution in [0.1, 0.15) is 26.5 Å². The highest BCUT2D eigenvalue weighted by molar-refractivity contribution is 7.20. The van der Waals surface area contributed by atoms with E-state index >= 15 is 0 Å². The molecule has 2 heterocycles. The van der Waals surface area contributed by atoms with Gasteiger partial charge in [-0.3, -0.25) is 9.48 Å². The Morgan fingerprint density at radius 2 is 1.88 bits per heavy atom. The Kier molecular flexibility index (Phi) is 6.41. The number of fused-ring (bicyclic) bond motifs is 1. The molecule has 0 saturated carbocycles. The average Bonchev–Trinajstić information content (AvgIpc) is 3.36. The molecule has 0 spiro atoms. The number of carbonyl (C=O) groups is 2. The second kappa shape index (κ2) is 9.41. The number of anilines is 1. The number of nitrogens with zero attached hydrogens (tertiary/aromatic N) is 2. The van der Waals surface area contributed by atoms with Gasteiger partial charge in [-0.25, -0.2) is 9.18 Å². The number of benzene rings is 2. The van der Waals surface area contributed by atoms with Gasteiger partial charge in [-0.05, 0) is 61.4 Å². The van der Waals surface area contributed by atoms with E-state index in [1.807, 2.05) is 24.6 Å². The Morgan fingerprint density at radius 1 is 1.12 bits per heavy atom. The third-order valence-corrected chi connectivity index (χ3v) is 6.25. The van der Waals surface area contributed by atoms with E-state index in [9.17, 15) is 14.0 Å². The van der Waals surface area contributed by atoms with E-state index in [1.165, 1.54) is 30.6 Å². The van der Waals surface area contributed by atoms with Crippen LogP contribution in [0.4, 0.5) is 10.1 Å². The minimum Gasteiger partial charge on any atom is -0.482 e. The van der Waals surface area contributed by atoms with Gasteiger partial charge >= 0.3 is 5.97 Å².